The third-order valence-electron chi connectivity index (χ3n) is 11.0. The second-order valence-corrected chi connectivity index (χ2v) is 15.6. The number of amides is 3. The molecule has 3 amide bonds. The van der Waals surface area contributed by atoms with Crippen LogP contribution in [0.25, 0.3) is 11.1 Å². The summed E-state index contributed by atoms with van der Waals surface area (Å²) in [5.41, 5.74) is 4.56. The lowest BCUT2D eigenvalue weighted by atomic mass is 9.68. The van der Waals surface area contributed by atoms with Gasteiger partial charge in [-0.05, 0) is 35.1 Å². The van der Waals surface area contributed by atoms with Crippen LogP contribution >= 0.6 is 0 Å². The van der Waals surface area contributed by atoms with E-state index in [1.54, 1.807) is 0 Å². The maximum Gasteiger partial charge on any atom is 0.407 e. The summed E-state index contributed by atoms with van der Waals surface area (Å²) in [5.74, 6) is -1.66. The summed E-state index contributed by atoms with van der Waals surface area (Å²) in [6.07, 6.45) is 29.5. The van der Waals surface area contributed by atoms with Crippen LogP contribution in [-0.2, 0) is 9.53 Å². The summed E-state index contributed by atoms with van der Waals surface area (Å²) >= 11 is 0. The van der Waals surface area contributed by atoms with Crippen molar-refractivity contribution in [1.82, 2.24) is 16.0 Å². The number of nitrogens with one attached hydrogen (secondary N) is 3. The Labute approximate surface area is 329 Å². The zero-order chi connectivity index (χ0) is 38.5. The molecule has 3 rings (SSSR count). The molecule has 0 aliphatic heterocycles. The maximum atomic E-state index is 13.3. The fraction of sp³-hybridized carbons (Fsp3) is 0.674. The van der Waals surface area contributed by atoms with Crippen LogP contribution in [0.5, 0.6) is 0 Å². The Morgan fingerprint density at radius 1 is 0.556 bits per heavy atom. The third-order valence-corrected chi connectivity index (χ3v) is 11.0. The molecule has 0 fully saturated rings. The molecule has 1 atom stereocenters. The highest BCUT2D eigenvalue weighted by atomic mass is 16.5. The fourth-order valence-corrected chi connectivity index (χ4v) is 7.74. The van der Waals surface area contributed by atoms with Crippen molar-refractivity contribution in [1.29, 1.82) is 0 Å². The molecule has 0 unspecified atom stereocenters. The molecule has 0 spiro atoms. The van der Waals surface area contributed by atoms with Crippen molar-refractivity contribution in [2.24, 2.45) is 0 Å². The lowest BCUT2D eigenvalue weighted by Crippen LogP contribution is -2.54. The van der Waals surface area contributed by atoms with Crippen LogP contribution in [0.15, 0.2) is 48.5 Å². The molecule has 8 heteroatoms. The average molecular weight is 744 g/mol. The Morgan fingerprint density at radius 2 is 0.944 bits per heavy atom. The van der Waals surface area contributed by atoms with E-state index in [9.17, 15) is 14.4 Å². The Bertz CT molecular complexity index is 1270. The highest BCUT2D eigenvalue weighted by Gasteiger charge is 2.30. The third kappa shape index (κ3) is 18.4. The summed E-state index contributed by atoms with van der Waals surface area (Å²) in [5, 5.41) is 8.69. The lowest BCUT2D eigenvalue weighted by molar-refractivity contribution is -0.121. The van der Waals surface area contributed by atoms with Gasteiger partial charge in [0.1, 0.15) is 6.61 Å². The van der Waals surface area contributed by atoms with Crippen molar-refractivity contribution in [3.8, 4) is 11.1 Å². The molecule has 3 N–H and O–H groups in total. The van der Waals surface area contributed by atoms with Crippen molar-refractivity contribution in [3.05, 3.63) is 59.7 Å². The fourth-order valence-electron chi connectivity index (χ4n) is 7.74. The number of rotatable bonds is 32. The van der Waals surface area contributed by atoms with Crippen LogP contribution in [0.1, 0.15) is 185 Å². The summed E-state index contributed by atoms with van der Waals surface area (Å²) in [7, 11) is -0.118. The minimum Gasteiger partial charge on any atom is -0.449 e. The van der Waals surface area contributed by atoms with Crippen LogP contribution < -0.4 is 16.0 Å². The van der Waals surface area contributed by atoms with Gasteiger partial charge in [-0.25, -0.2) is 4.79 Å². The minimum atomic E-state index is -1.000. The van der Waals surface area contributed by atoms with Gasteiger partial charge in [-0.3, -0.25) is 9.59 Å². The molecule has 0 saturated heterocycles. The summed E-state index contributed by atoms with van der Waals surface area (Å²) in [6, 6.07) is 16.4. The SMILES string of the molecule is CCCCCCCCCCCCCCCCNC(=O)B[C@H](NC(=O)OCC1c2ccccc2-c2ccccc21)C(=O)NCCCCCCCCCCCC. The summed E-state index contributed by atoms with van der Waals surface area (Å²) in [4.78, 5) is 39.4. The van der Waals surface area contributed by atoms with Gasteiger partial charge in [0.25, 0.3) is 7.28 Å². The first-order valence-electron chi connectivity index (χ1n) is 22.2. The first-order chi connectivity index (χ1) is 26.5. The number of carbonyl (C=O) groups excluding carboxylic acids is 3. The van der Waals surface area contributed by atoms with Crippen LogP contribution in [0.4, 0.5) is 9.59 Å². The minimum absolute atomic E-state index is 0.0832. The van der Waals surface area contributed by atoms with Gasteiger partial charge in [-0.1, -0.05) is 204 Å². The molecule has 300 valence electrons. The predicted molar refractivity (Wildman–Crippen MR) is 228 cm³/mol. The van der Waals surface area contributed by atoms with Gasteiger partial charge in [0.15, 0.2) is 5.81 Å². The highest BCUT2D eigenvalue weighted by Crippen LogP contribution is 2.44. The summed E-state index contributed by atoms with van der Waals surface area (Å²) < 4.78 is 5.74. The molecule has 0 saturated carbocycles. The molecule has 1 aliphatic carbocycles. The molecule has 0 radical (unpaired) electrons. The first-order valence-corrected chi connectivity index (χ1v) is 22.2. The number of fused-ring (bicyclic) bond motifs is 3. The van der Waals surface area contributed by atoms with E-state index in [1.807, 2.05) is 24.3 Å². The second-order valence-electron chi connectivity index (χ2n) is 15.6. The maximum absolute atomic E-state index is 13.3. The Kier molecular flexibility index (Phi) is 24.3. The quantitative estimate of drug-likeness (QED) is 0.0513. The molecule has 0 heterocycles. The lowest BCUT2D eigenvalue weighted by Gasteiger charge is -2.19. The molecular weight excluding hydrogens is 669 g/mol. The first kappa shape index (κ1) is 45.1. The van der Waals surface area contributed by atoms with Crippen molar-refractivity contribution in [2.75, 3.05) is 19.7 Å². The number of carbonyl (C=O) groups is 3. The average Bonchev–Trinajstić information content (AvgIpc) is 3.50. The number of hydrogen-bond donors (Lipinski definition) is 3. The second kappa shape index (κ2) is 29.1. The van der Waals surface area contributed by atoms with Gasteiger partial charge >= 0.3 is 6.09 Å². The van der Waals surface area contributed by atoms with E-state index < -0.39 is 12.0 Å². The molecule has 2 aromatic carbocycles. The van der Waals surface area contributed by atoms with Gasteiger partial charge < -0.3 is 20.7 Å². The van der Waals surface area contributed by atoms with E-state index >= 15 is 0 Å². The van der Waals surface area contributed by atoms with E-state index in [2.05, 4.69) is 54.1 Å². The van der Waals surface area contributed by atoms with Gasteiger partial charge in [-0.15, -0.1) is 0 Å². The zero-order valence-electron chi connectivity index (χ0n) is 34.2. The number of unbranched alkanes of at least 4 members (excludes halogenated alkanes) is 22. The normalized spacial score (nSPS) is 12.5. The molecule has 0 aromatic heterocycles. The number of alkyl carbamates (subject to hydrolysis) is 1. The topological polar surface area (TPSA) is 96.5 Å². The van der Waals surface area contributed by atoms with Gasteiger partial charge in [0.2, 0.25) is 5.91 Å². The van der Waals surface area contributed by atoms with Gasteiger partial charge in [0.05, 0.1) is 5.94 Å². The molecule has 54 heavy (non-hydrogen) atoms. The smallest absolute Gasteiger partial charge is 0.407 e. The Balaban J connectivity index is 1.37. The van der Waals surface area contributed by atoms with E-state index in [0.717, 1.165) is 54.4 Å². The molecular formula is C46H74BN3O4. The van der Waals surface area contributed by atoms with E-state index in [-0.39, 0.29) is 31.5 Å². The summed E-state index contributed by atoms with van der Waals surface area (Å²) in [6.45, 7) is 5.77. The van der Waals surface area contributed by atoms with Crippen molar-refractivity contribution in [2.45, 2.75) is 180 Å². The predicted octanol–water partition coefficient (Wildman–Crippen LogP) is 11.5. The van der Waals surface area contributed by atoms with Crippen LogP contribution in [0.2, 0.25) is 0 Å². The number of hydrogen-bond acceptors (Lipinski definition) is 4. The van der Waals surface area contributed by atoms with E-state index in [1.165, 1.54) is 122 Å². The van der Waals surface area contributed by atoms with Crippen molar-refractivity contribution in [3.63, 3.8) is 0 Å². The van der Waals surface area contributed by atoms with Crippen LogP contribution in [-0.4, -0.2) is 50.7 Å². The molecule has 0 bridgehead atoms. The zero-order valence-corrected chi connectivity index (χ0v) is 34.2. The highest BCUT2D eigenvalue weighted by molar-refractivity contribution is 6.77. The molecule has 1 aliphatic rings. The van der Waals surface area contributed by atoms with Gasteiger partial charge in [-0.2, -0.15) is 0 Å². The van der Waals surface area contributed by atoms with Crippen LogP contribution in [0.3, 0.4) is 0 Å². The monoisotopic (exact) mass is 744 g/mol. The van der Waals surface area contributed by atoms with E-state index in [0.29, 0.717) is 13.1 Å². The largest absolute Gasteiger partial charge is 0.449 e. The molecule has 2 aromatic rings. The molecule has 7 nitrogen and oxygen atoms in total. The number of ether oxygens (including phenoxy) is 1. The Hall–Kier alpha value is -3.29. The van der Waals surface area contributed by atoms with Crippen LogP contribution in [0, 0.1) is 0 Å². The van der Waals surface area contributed by atoms with E-state index in [4.69, 9.17) is 4.74 Å². The van der Waals surface area contributed by atoms with Gasteiger partial charge in [0, 0.05) is 19.0 Å². The standard InChI is InChI=1S/C46H74BN3O4/c1-3-5-7-9-11-13-15-16-17-18-20-22-24-30-36-49-45(52)47-43(44(51)48-35-29-23-21-19-14-12-10-8-6-4-2)50-46(53)54-37-42-40-33-27-25-31-38(40)39-32-26-28-34-41(39)42/h25-28,31-34,42-43,47H,3-24,29-30,35-37H2,1-2H3,(H,48,51)(H,49,52)(H,50,53)/t43-/m1/s1. The number of benzene rings is 2. The van der Waals surface area contributed by atoms with Crippen molar-refractivity contribution < 1.29 is 19.1 Å². The van der Waals surface area contributed by atoms with Crippen molar-refractivity contribution >= 4 is 25.1 Å². The Morgan fingerprint density at radius 3 is 1.39 bits per heavy atom.